The summed E-state index contributed by atoms with van der Waals surface area (Å²) in [6.07, 6.45) is 0.465. The van der Waals surface area contributed by atoms with E-state index in [0.29, 0.717) is 17.6 Å². The first-order valence-electron chi connectivity index (χ1n) is 4.92. The Kier molecular flexibility index (Phi) is 2.07. The molecule has 0 aliphatic carbocycles. The zero-order valence-corrected chi connectivity index (χ0v) is 9.77. The van der Waals surface area contributed by atoms with Gasteiger partial charge in [0.1, 0.15) is 12.1 Å². The van der Waals surface area contributed by atoms with Crippen LogP contribution >= 0.6 is 15.9 Å². The van der Waals surface area contributed by atoms with E-state index in [4.69, 9.17) is 9.15 Å². The quantitative estimate of drug-likeness (QED) is 0.727. The van der Waals surface area contributed by atoms with Gasteiger partial charge in [0.25, 0.3) is 5.91 Å². The van der Waals surface area contributed by atoms with E-state index in [2.05, 4.69) is 15.9 Å². The summed E-state index contributed by atoms with van der Waals surface area (Å²) >= 11 is 3.13. The molecule has 1 aromatic heterocycles. The Morgan fingerprint density at radius 1 is 1.50 bits per heavy atom. The Bertz CT molecular complexity index is 469. The molecule has 0 aromatic carbocycles. The highest BCUT2D eigenvalue weighted by Gasteiger charge is 2.49. The smallest absolute Gasteiger partial charge is 0.329 e. The number of carbonyl (C=O) groups excluding carboxylic acids is 2. The number of fused-ring (bicyclic) bond motifs is 2. The molecule has 84 valence electrons. The van der Waals surface area contributed by atoms with E-state index < -0.39 is 6.04 Å². The Labute approximate surface area is 99.5 Å². The molecule has 5 nitrogen and oxygen atoms in total. The number of rotatable bonds is 1. The standard InChI is InChI=1S/C10H8BrNO4/c11-8-2-1-7(16-8)9(13)12-4-5-3-6(12)10(14)15-5/h1-2,5-6H,3-4H2/t5-,6-/m1/s1. The van der Waals surface area contributed by atoms with Crippen molar-refractivity contribution in [2.24, 2.45) is 0 Å². The highest BCUT2D eigenvalue weighted by Crippen LogP contribution is 2.30. The molecule has 0 unspecified atom stereocenters. The fraction of sp³-hybridized carbons (Fsp3) is 0.400. The molecule has 3 rings (SSSR count). The maximum atomic E-state index is 12.0. The predicted molar refractivity (Wildman–Crippen MR) is 55.7 cm³/mol. The van der Waals surface area contributed by atoms with Crippen LogP contribution in [-0.4, -0.2) is 35.5 Å². The first-order chi connectivity index (χ1) is 7.65. The van der Waals surface area contributed by atoms with Crippen molar-refractivity contribution in [3.05, 3.63) is 22.6 Å². The van der Waals surface area contributed by atoms with Gasteiger partial charge in [0.15, 0.2) is 10.4 Å². The molecule has 3 heterocycles. The third kappa shape index (κ3) is 1.36. The highest BCUT2D eigenvalue weighted by atomic mass is 79.9. The van der Waals surface area contributed by atoms with Gasteiger partial charge in [-0.3, -0.25) is 4.79 Å². The van der Waals surface area contributed by atoms with Crippen molar-refractivity contribution in [1.82, 2.24) is 4.90 Å². The number of halogens is 1. The molecular weight excluding hydrogens is 278 g/mol. The molecule has 0 radical (unpaired) electrons. The van der Waals surface area contributed by atoms with Gasteiger partial charge in [0, 0.05) is 6.42 Å². The topological polar surface area (TPSA) is 59.8 Å². The molecule has 2 atom stereocenters. The first-order valence-corrected chi connectivity index (χ1v) is 5.71. The van der Waals surface area contributed by atoms with E-state index in [9.17, 15) is 9.59 Å². The van der Waals surface area contributed by atoms with Crippen LogP contribution in [0.5, 0.6) is 0 Å². The minimum Gasteiger partial charge on any atom is -0.459 e. The third-order valence-corrected chi connectivity index (χ3v) is 3.29. The van der Waals surface area contributed by atoms with Crippen LogP contribution in [0, 0.1) is 0 Å². The Morgan fingerprint density at radius 2 is 2.31 bits per heavy atom. The summed E-state index contributed by atoms with van der Waals surface area (Å²) in [5.41, 5.74) is 0. The van der Waals surface area contributed by atoms with Crippen molar-refractivity contribution in [1.29, 1.82) is 0 Å². The van der Waals surface area contributed by atoms with Crippen molar-refractivity contribution in [3.8, 4) is 0 Å². The number of likely N-dealkylation sites (tertiary alicyclic amines) is 1. The average Bonchev–Trinajstić information content (AvgIpc) is 2.90. The van der Waals surface area contributed by atoms with Crippen molar-refractivity contribution < 1.29 is 18.7 Å². The van der Waals surface area contributed by atoms with Crippen LogP contribution in [0.1, 0.15) is 17.0 Å². The highest BCUT2D eigenvalue weighted by molar-refractivity contribution is 9.10. The Morgan fingerprint density at radius 3 is 2.88 bits per heavy atom. The van der Waals surface area contributed by atoms with E-state index in [0.717, 1.165) is 0 Å². The number of hydrogen-bond acceptors (Lipinski definition) is 4. The second kappa shape index (κ2) is 3.35. The van der Waals surface area contributed by atoms with Gasteiger partial charge in [-0.2, -0.15) is 0 Å². The fourth-order valence-electron chi connectivity index (χ4n) is 2.14. The third-order valence-electron chi connectivity index (χ3n) is 2.86. The molecule has 2 bridgehead atoms. The number of nitrogens with zero attached hydrogens (tertiary/aromatic N) is 1. The van der Waals surface area contributed by atoms with Crippen LogP contribution in [-0.2, 0) is 9.53 Å². The summed E-state index contributed by atoms with van der Waals surface area (Å²) in [7, 11) is 0. The molecule has 2 saturated heterocycles. The number of amides is 1. The number of carbonyl (C=O) groups is 2. The lowest BCUT2D eigenvalue weighted by Gasteiger charge is -2.24. The molecule has 16 heavy (non-hydrogen) atoms. The van der Waals surface area contributed by atoms with Crippen LogP contribution in [0.25, 0.3) is 0 Å². The summed E-state index contributed by atoms with van der Waals surface area (Å²) in [4.78, 5) is 24.8. The summed E-state index contributed by atoms with van der Waals surface area (Å²) in [6, 6.07) is 2.81. The van der Waals surface area contributed by atoms with Crippen molar-refractivity contribution in [2.75, 3.05) is 6.54 Å². The first kappa shape index (κ1) is 9.89. The molecule has 2 aliphatic heterocycles. The molecule has 6 heteroatoms. The van der Waals surface area contributed by atoms with Gasteiger partial charge in [0.2, 0.25) is 0 Å². The lowest BCUT2D eigenvalue weighted by molar-refractivity contribution is -0.149. The molecular formula is C10H8BrNO4. The van der Waals surface area contributed by atoms with Gasteiger partial charge >= 0.3 is 5.97 Å². The number of ether oxygens (including phenoxy) is 1. The summed E-state index contributed by atoms with van der Waals surface area (Å²) in [5, 5.41) is 0. The van der Waals surface area contributed by atoms with Gasteiger partial charge in [-0.05, 0) is 28.1 Å². The second-order valence-electron chi connectivity index (χ2n) is 3.87. The van der Waals surface area contributed by atoms with Gasteiger partial charge in [-0.1, -0.05) is 0 Å². The Balaban J connectivity index is 1.84. The minimum absolute atomic E-state index is 0.139. The average molecular weight is 286 g/mol. The normalized spacial score (nSPS) is 27.3. The SMILES string of the molecule is O=C1O[C@@H]2C[C@H]1N(C(=O)c1ccc(Br)o1)C2. The number of hydrogen-bond donors (Lipinski definition) is 0. The summed E-state index contributed by atoms with van der Waals surface area (Å²) in [5.74, 6) is -0.322. The van der Waals surface area contributed by atoms with E-state index in [1.54, 1.807) is 12.1 Å². The molecule has 1 aromatic rings. The fourth-order valence-corrected chi connectivity index (χ4v) is 2.45. The minimum atomic E-state index is -0.429. The monoisotopic (exact) mass is 285 g/mol. The maximum Gasteiger partial charge on any atom is 0.329 e. The zero-order valence-electron chi connectivity index (χ0n) is 8.18. The predicted octanol–water partition coefficient (Wildman–Crippen LogP) is 1.18. The van der Waals surface area contributed by atoms with Crippen LogP contribution < -0.4 is 0 Å². The second-order valence-corrected chi connectivity index (χ2v) is 4.65. The van der Waals surface area contributed by atoms with E-state index in [-0.39, 0.29) is 23.7 Å². The largest absolute Gasteiger partial charge is 0.459 e. The van der Waals surface area contributed by atoms with Crippen LogP contribution in [0.4, 0.5) is 0 Å². The van der Waals surface area contributed by atoms with E-state index in [1.165, 1.54) is 4.90 Å². The molecule has 2 fully saturated rings. The van der Waals surface area contributed by atoms with Crippen molar-refractivity contribution in [3.63, 3.8) is 0 Å². The van der Waals surface area contributed by atoms with E-state index >= 15 is 0 Å². The van der Waals surface area contributed by atoms with Crippen LogP contribution in [0.2, 0.25) is 0 Å². The number of morpholine rings is 1. The van der Waals surface area contributed by atoms with Gasteiger partial charge in [-0.15, -0.1) is 0 Å². The van der Waals surface area contributed by atoms with Crippen molar-refractivity contribution >= 4 is 27.8 Å². The van der Waals surface area contributed by atoms with Gasteiger partial charge in [0.05, 0.1) is 6.54 Å². The molecule has 0 saturated carbocycles. The van der Waals surface area contributed by atoms with Gasteiger partial charge in [-0.25, -0.2) is 4.79 Å². The molecule has 1 amide bonds. The summed E-state index contributed by atoms with van der Waals surface area (Å²) in [6.45, 7) is 0.466. The molecule has 2 aliphatic rings. The van der Waals surface area contributed by atoms with Gasteiger partial charge < -0.3 is 14.1 Å². The maximum absolute atomic E-state index is 12.0. The van der Waals surface area contributed by atoms with E-state index in [1.807, 2.05) is 0 Å². The van der Waals surface area contributed by atoms with Crippen molar-refractivity contribution in [2.45, 2.75) is 18.6 Å². The molecule has 0 N–H and O–H groups in total. The lowest BCUT2D eigenvalue weighted by atomic mass is 10.2. The zero-order chi connectivity index (χ0) is 11.3. The van der Waals surface area contributed by atoms with Crippen LogP contribution in [0.15, 0.2) is 21.2 Å². The number of furan rings is 1. The van der Waals surface area contributed by atoms with Crippen LogP contribution in [0.3, 0.4) is 0 Å². The molecule has 0 spiro atoms. The lowest BCUT2D eigenvalue weighted by Crippen LogP contribution is -2.44. The Hall–Kier alpha value is -1.30. The number of esters is 1. The summed E-state index contributed by atoms with van der Waals surface area (Å²) < 4.78 is 10.7.